The van der Waals surface area contributed by atoms with E-state index in [9.17, 15) is 19.2 Å². The molecular weight excluding hydrogens is 596 g/mol. The molecule has 0 atom stereocenters. The summed E-state index contributed by atoms with van der Waals surface area (Å²) in [5.74, 6) is 6.41. The summed E-state index contributed by atoms with van der Waals surface area (Å²) in [4.78, 5) is 54.3. The Balaban J connectivity index is 1.20. The lowest BCUT2D eigenvalue weighted by Crippen LogP contribution is -2.14. The van der Waals surface area contributed by atoms with Gasteiger partial charge in [-0.3, -0.25) is 19.2 Å². The van der Waals surface area contributed by atoms with Gasteiger partial charge in [0.1, 0.15) is 0 Å². The molecule has 0 N–H and O–H groups in total. The number of nitrogens with zero attached hydrogens (tertiary/aromatic N) is 2. The van der Waals surface area contributed by atoms with Gasteiger partial charge in [-0.15, -0.1) is 0 Å². The van der Waals surface area contributed by atoms with Crippen LogP contribution in [0.25, 0.3) is 76.2 Å². The minimum atomic E-state index is -0.161. The highest BCUT2D eigenvalue weighted by molar-refractivity contribution is 6.09. The van der Waals surface area contributed by atoms with Crippen LogP contribution in [0.5, 0.6) is 0 Å². The van der Waals surface area contributed by atoms with Crippen LogP contribution in [-0.2, 0) is 0 Å². The molecule has 0 fully saturated rings. The van der Waals surface area contributed by atoms with Gasteiger partial charge in [0.25, 0.3) is 0 Å². The summed E-state index contributed by atoms with van der Waals surface area (Å²) < 4.78 is 4.00. The fraction of sp³-hybridized carbons (Fsp3) is 0. The second-order valence-electron chi connectivity index (χ2n) is 12.1. The molecule has 0 amide bonds. The average Bonchev–Trinajstić information content (AvgIpc) is 3.13. The van der Waals surface area contributed by atoms with Crippen LogP contribution in [-0.4, -0.2) is 8.80 Å². The molecule has 0 bridgehead atoms. The van der Waals surface area contributed by atoms with Crippen molar-refractivity contribution in [3.05, 3.63) is 173 Å². The lowest BCUT2D eigenvalue weighted by Gasteiger charge is -2.14. The molecule has 0 aliphatic heterocycles. The Labute approximate surface area is 269 Å². The summed E-state index contributed by atoms with van der Waals surface area (Å²) in [7, 11) is 0. The number of benzene rings is 6. The molecular formula is C42H20N2O4. The van der Waals surface area contributed by atoms with E-state index in [1.54, 1.807) is 48.5 Å². The van der Waals surface area contributed by atoms with Crippen LogP contribution in [0.2, 0.25) is 0 Å². The zero-order valence-corrected chi connectivity index (χ0v) is 25.1. The predicted octanol–water partition coefficient (Wildman–Crippen LogP) is 6.83. The van der Waals surface area contributed by atoms with Gasteiger partial charge in [-0.05, 0) is 84.9 Å². The van der Waals surface area contributed by atoms with Crippen molar-refractivity contribution in [2.75, 3.05) is 0 Å². The van der Waals surface area contributed by atoms with Crippen LogP contribution in [0.1, 0.15) is 11.1 Å². The smallest absolute Gasteiger partial charge is 0.197 e. The SMILES string of the molecule is O=c1c2ccccc2n2c3ccc(C#Cc4ccc5c(c4)c(=O)c4cccc6c(=O)c7ccccc7n5c64)cc3c(=O)c3cccc1c32. The van der Waals surface area contributed by atoms with Gasteiger partial charge in [0.2, 0.25) is 0 Å². The first-order valence-electron chi connectivity index (χ1n) is 15.5. The van der Waals surface area contributed by atoms with Crippen molar-refractivity contribution >= 4 is 76.2 Å². The Morgan fingerprint density at radius 2 is 0.667 bits per heavy atom. The highest BCUT2D eigenvalue weighted by atomic mass is 16.1. The lowest BCUT2D eigenvalue weighted by atomic mass is 10.0. The Bertz CT molecular complexity index is 3160. The summed E-state index contributed by atoms with van der Waals surface area (Å²) in [5.41, 5.74) is 4.88. The van der Waals surface area contributed by atoms with Crippen LogP contribution in [0.15, 0.2) is 141 Å². The van der Waals surface area contributed by atoms with Gasteiger partial charge in [-0.2, -0.15) is 0 Å². The summed E-state index contributed by atoms with van der Waals surface area (Å²) in [6.07, 6.45) is 0. The molecule has 6 nitrogen and oxygen atoms in total. The van der Waals surface area contributed by atoms with Crippen molar-refractivity contribution < 1.29 is 0 Å². The Morgan fingerprint density at radius 3 is 1.08 bits per heavy atom. The number of hydrogen-bond donors (Lipinski definition) is 0. The fourth-order valence-corrected chi connectivity index (χ4v) is 7.47. The molecule has 0 saturated heterocycles. The van der Waals surface area contributed by atoms with E-state index in [-0.39, 0.29) is 21.7 Å². The lowest BCUT2D eigenvalue weighted by molar-refractivity contribution is 1.31. The van der Waals surface area contributed by atoms with Crippen LogP contribution >= 0.6 is 0 Å². The van der Waals surface area contributed by atoms with E-state index in [1.807, 2.05) is 81.6 Å². The van der Waals surface area contributed by atoms with Gasteiger partial charge in [0, 0.05) is 54.2 Å². The maximum absolute atomic E-state index is 13.8. The molecule has 48 heavy (non-hydrogen) atoms. The standard InChI is InChI=1S/C42H20N2O4/c45-39-25-7-1-3-13-33(25)43-35-19-17-23(21-31(35)41(47)29-11-5-9-27(39)37(29)43)15-16-24-18-20-36-32(22-24)42(48)30-12-6-10-28-38(30)44(36)34-14-4-2-8-26(34)40(28)46/h1-14,17-22H. The monoisotopic (exact) mass is 616 g/mol. The van der Waals surface area contributed by atoms with E-state index < -0.39 is 0 Å². The Morgan fingerprint density at radius 1 is 0.333 bits per heavy atom. The normalized spacial score (nSPS) is 11.9. The largest absolute Gasteiger partial charge is 0.308 e. The number of pyridine rings is 4. The summed E-state index contributed by atoms with van der Waals surface area (Å²) in [6.45, 7) is 0. The molecule has 0 spiro atoms. The Hall–Kier alpha value is -6.84. The first-order chi connectivity index (χ1) is 23.5. The van der Waals surface area contributed by atoms with Crippen LogP contribution in [0, 0.1) is 11.8 Å². The third-order valence-corrected chi connectivity index (χ3v) is 9.59. The quantitative estimate of drug-likeness (QED) is 0.106. The predicted molar refractivity (Wildman–Crippen MR) is 193 cm³/mol. The first-order valence-corrected chi connectivity index (χ1v) is 15.5. The molecule has 0 saturated carbocycles. The molecule has 10 rings (SSSR count). The number of hydrogen-bond acceptors (Lipinski definition) is 4. The van der Waals surface area contributed by atoms with Crippen molar-refractivity contribution in [1.29, 1.82) is 0 Å². The number of rotatable bonds is 0. The van der Waals surface area contributed by atoms with E-state index >= 15 is 0 Å². The molecule has 0 unspecified atom stereocenters. The maximum atomic E-state index is 13.8. The fourth-order valence-electron chi connectivity index (χ4n) is 7.47. The topological polar surface area (TPSA) is 77.1 Å². The summed E-state index contributed by atoms with van der Waals surface area (Å²) >= 11 is 0. The molecule has 222 valence electrons. The summed E-state index contributed by atoms with van der Waals surface area (Å²) in [6, 6.07) is 36.5. The zero-order valence-electron chi connectivity index (χ0n) is 25.1. The average molecular weight is 617 g/mol. The van der Waals surface area contributed by atoms with Gasteiger partial charge >= 0.3 is 0 Å². The van der Waals surface area contributed by atoms with Gasteiger partial charge in [-0.1, -0.05) is 48.2 Å². The van der Waals surface area contributed by atoms with Crippen molar-refractivity contribution in [2.45, 2.75) is 0 Å². The van der Waals surface area contributed by atoms with Gasteiger partial charge in [-0.25, -0.2) is 0 Å². The minimum Gasteiger partial charge on any atom is -0.308 e. The maximum Gasteiger partial charge on any atom is 0.197 e. The van der Waals surface area contributed by atoms with E-state index in [2.05, 4.69) is 11.8 Å². The van der Waals surface area contributed by atoms with Crippen molar-refractivity contribution in [3.63, 3.8) is 0 Å². The molecule has 10 aromatic rings. The van der Waals surface area contributed by atoms with E-state index in [0.717, 1.165) is 11.0 Å². The minimum absolute atomic E-state index is 0.0946. The van der Waals surface area contributed by atoms with Gasteiger partial charge in [0.05, 0.1) is 33.1 Å². The molecule has 0 radical (unpaired) electrons. The zero-order chi connectivity index (χ0) is 32.3. The molecule has 6 heteroatoms. The number of fused-ring (bicyclic) bond motifs is 8. The number of aromatic nitrogens is 2. The van der Waals surface area contributed by atoms with Gasteiger partial charge < -0.3 is 8.80 Å². The molecule has 4 aromatic heterocycles. The highest BCUT2D eigenvalue weighted by Gasteiger charge is 2.18. The second-order valence-corrected chi connectivity index (χ2v) is 12.1. The highest BCUT2D eigenvalue weighted by Crippen LogP contribution is 2.28. The van der Waals surface area contributed by atoms with Crippen molar-refractivity contribution in [1.82, 2.24) is 8.80 Å². The molecule has 0 aliphatic carbocycles. The summed E-state index contributed by atoms with van der Waals surface area (Å²) in [5, 5.41) is 4.16. The molecule has 6 aromatic carbocycles. The van der Waals surface area contributed by atoms with Crippen LogP contribution in [0.3, 0.4) is 0 Å². The molecule has 0 aliphatic rings. The Kier molecular flexibility index (Phi) is 5.14. The van der Waals surface area contributed by atoms with Crippen molar-refractivity contribution in [2.24, 2.45) is 0 Å². The van der Waals surface area contributed by atoms with Gasteiger partial charge in [0.15, 0.2) is 21.7 Å². The van der Waals surface area contributed by atoms with Crippen LogP contribution < -0.4 is 21.7 Å². The van der Waals surface area contributed by atoms with Crippen molar-refractivity contribution in [3.8, 4) is 11.8 Å². The van der Waals surface area contributed by atoms with E-state index in [0.29, 0.717) is 76.3 Å². The second kappa shape index (κ2) is 9.35. The van der Waals surface area contributed by atoms with Crippen LogP contribution in [0.4, 0.5) is 0 Å². The van der Waals surface area contributed by atoms with E-state index in [4.69, 9.17) is 0 Å². The number of para-hydroxylation sites is 4. The molecule has 4 heterocycles. The third-order valence-electron chi connectivity index (χ3n) is 9.59. The third kappa shape index (κ3) is 3.37. The van der Waals surface area contributed by atoms with E-state index in [1.165, 1.54) is 0 Å². The first kappa shape index (κ1) is 26.4.